The molecule has 1 aromatic heterocycles. The first kappa shape index (κ1) is 12.7. The molecule has 3 heterocycles. The zero-order valence-electron chi connectivity index (χ0n) is 11.0. The van der Waals surface area contributed by atoms with Crippen LogP contribution >= 0.6 is 0 Å². The van der Waals surface area contributed by atoms with E-state index < -0.39 is 11.9 Å². The molecular weight excluding hydrogens is 244 g/mol. The number of hydrogen-bond acceptors (Lipinski definition) is 3. The highest BCUT2D eigenvalue weighted by Gasteiger charge is 2.29. The summed E-state index contributed by atoms with van der Waals surface area (Å²) in [4.78, 5) is 15.8. The summed E-state index contributed by atoms with van der Waals surface area (Å²) < 4.78 is 7.74. The second-order valence-electron chi connectivity index (χ2n) is 5.51. The Kier molecular flexibility index (Phi) is 3.55. The van der Waals surface area contributed by atoms with Gasteiger partial charge in [-0.1, -0.05) is 0 Å². The number of carboxylic acids is 1. The third kappa shape index (κ3) is 2.66. The van der Waals surface area contributed by atoms with Crippen LogP contribution in [-0.4, -0.2) is 33.3 Å². The summed E-state index contributed by atoms with van der Waals surface area (Å²) >= 11 is 0. The summed E-state index contributed by atoms with van der Waals surface area (Å²) in [5, 5.41) is 9.24. The quantitative estimate of drug-likeness (QED) is 0.906. The van der Waals surface area contributed by atoms with Crippen LogP contribution in [0.25, 0.3) is 0 Å². The van der Waals surface area contributed by atoms with Gasteiger partial charge < -0.3 is 14.4 Å². The summed E-state index contributed by atoms with van der Waals surface area (Å²) in [6.07, 6.45) is 8.16. The van der Waals surface area contributed by atoms with E-state index in [0.717, 1.165) is 50.4 Å². The molecule has 0 bridgehead atoms. The van der Waals surface area contributed by atoms with E-state index in [-0.39, 0.29) is 6.10 Å². The van der Waals surface area contributed by atoms with Gasteiger partial charge in [-0.3, -0.25) is 4.79 Å². The highest BCUT2D eigenvalue weighted by molar-refractivity contribution is 5.75. The molecule has 2 atom stereocenters. The number of aromatic nitrogens is 2. The number of carbonyl (C=O) groups is 1. The van der Waals surface area contributed by atoms with E-state index in [1.165, 1.54) is 6.42 Å². The van der Waals surface area contributed by atoms with Gasteiger partial charge in [0, 0.05) is 25.8 Å². The highest BCUT2D eigenvalue weighted by atomic mass is 16.5. The van der Waals surface area contributed by atoms with E-state index in [1.54, 1.807) is 0 Å². The van der Waals surface area contributed by atoms with Crippen LogP contribution in [0, 0.1) is 0 Å². The number of carboxylic acid groups (broad SMARTS) is 1. The Bertz CT molecular complexity index is 463. The zero-order chi connectivity index (χ0) is 13.2. The molecule has 0 aromatic carbocycles. The minimum absolute atomic E-state index is 0.258. The molecule has 19 heavy (non-hydrogen) atoms. The lowest BCUT2D eigenvalue weighted by Gasteiger charge is -2.21. The molecule has 0 spiro atoms. The van der Waals surface area contributed by atoms with Crippen molar-refractivity contribution in [2.24, 2.45) is 0 Å². The van der Waals surface area contributed by atoms with Crippen molar-refractivity contribution in [3.8, 4) is 0 Å². The Hall–Kier alpha value is -1.36. The van der Waals surface area contributed by atoms with Crippen LogP contribution in [0.3, 0.4) is 0 Å². The minimum Gasteiger partial charge on any atom is -0.481 e. The van der Waals surface area contributed by atoms with Gasteiger partial charge >= 0.3 is 5.97 Å². The molecule has 0 amide bonds. The van der Waals surface area contributed by atoms with Crippen LogP contribution in [0.5, 0.6) is 0 Å². The predicted octanol–water partition coefficient (Wildman–Crippen LogP) is 1.96. The molecule has 0 radical (unpaired) electrons. The molecule has 5 nitrogen and oxygen atoms in total. The zero-order valence-corrected chi connectivity index (χ0v) is 11.0. The highest BCUT2D eigenvalue weighted by Crippen LogP contribution is 2.27. The third-order valence-corrected chi connectivity index (χ3v) is 4.07. The number of imidazole rings is 1. The van der Waals surface area contributed by atoms with Gasteiger partial charge in [-0.2, -0.15) is 0 Å². The Balaban J connectivity index is 1.75. The number of nitrogens with zero attached hydrogens (tertiary/aromatic N) is 2. The van der Waals surface area contributed by atoms with E-state index in [9.17, 15) is 9.90 Å². The SMILES string of the molecule is O=C(O)C1CCCn2cc(CC3CCCCO3)nc21. The Morgan fingerprint density at radius 1 is 1.42 bits per heavy atom. The molecule has 0 saturated carbocycles. The predicted molar refractivity (Wildman–Crippen MR) is 69.1 cm³/mol. The van der Waals surface area contributed by atoms with Crippen LogP contribution in [0.1, 0.15) is 49.5 Å². The van der Waals surface area contributed by atoms with Gasteiger partial charge in [-0.25, -0.2) is 4.98 Å². The normalized spacial score (nSPS) is 26.9. The average Bonchev–Trinajstić information content (AvgIpc) is 2.81. The van der Waals surface area contributed by atoms with Crippen LogP contribution in [0.2, 0.25) is 0 Å². The summed E-state index contributed by atoms with van der Waals surface area (Å²) in [7, 11) is 0. The van der Waals surface area contributed by atoms with Gasteiger partial charge in [0.15, 0.2) is 0 Å². The van der Waals surface area contributed by atoms with Crippen LogP contribution in [0.4, 0.5) is 0 Å². The second kappa shape index (κ2) is 5.33. The molecule has 2 aliphatic heterocycles. The van der Waals surface area contributed by atoms with Crippen molar-refractivity contribution in [1.82, 2.24) is 9.55 Å². The number of ether oxygens (including phenoxy) is 1. The summed E-state index contributed by atoms with van der Waals surface area (Å²) in [6.45, 7) is 1.73. The number of fused-ring (bicyclic) bond motifs is 1. The molecular formula is C14H20N2O3. The fourth-order valence-corrected chi connectivity index (χ4v) is 3.07. The van der Waals surface area contributed by atoms with Crippen molar-refractivity contribution >= 4 is 5.97 Å². The van der Waals surface area contributed by atoms with Crippen molar-refractivity contribution in [2.75, 3.05) is 6.61 Å². The maximum atomic E-state index is 11.2. The molecule has 0 aliphatic carbocycles. The molecule has 1 saturated heterocycles. The van der Waals surface area contributed by atoms with Crippen molar-refractivity contribution < 1.29 is 14.6 Å². The topological polar surface area (TPSA) is 64.3 Å². The molecule has 2 unspecified atom stereocenters. The molecule has 1 fully saturated rings. The van der Waals surface area contributed by atoms with Gasteiger partial charge in [0.25, 0.3) is 0 Å². The lowest BCUT2D eigenvalue weighted by Crippen LogP contribution is -2.22. The number of rotatable bonds is 3. The molecule has 1 N–H and O–H groups in total. The summed E-state index contributed by atoms with van der Waals surface area (Å²) in [5.41, 5.74) is 0.982. The van der Waals surface area contributed by atoms with E-state index in [0.29, 0.717) is 6.42 Å². The fourth-order valence-electron chi connectivity index (χ4n) is 3.07. The Labute approximate surface area is 112 Å². The maximum absolute atomic E-state index is 11.2. The van der Waals surface area contributed by atoms with E-state index in [1.807, 2.05) is 10.8 Å². The van der Waals surface area contributed by atoms with Crippen molar-refractivity contribution in [3.05, 3.63) is 17.7 Å². The average molecular weight is 264 g/mol. The fraction of sp³-hybridized carbons (Fsp3) is 0.714. The van der Waals surface area contributed by atoms with Crippen LogP contribution in [-0.2, 0) is 22.5 Å². The minimum atomic E-state index is -0.757. The van der Waals surface area contributed by atoms with E-state index in [2.05, 4.69) is 4.98 Å². The lowest BCUT2D eigenvalue weighted by molar-refractivity contribution is -0.139. The second-order valence-corrected chi connectivity index (χ2v) is 5.51. The Morgan fingerprint density at radius 3 is 3.05 bits per heavy atom. The summed E-state index contributed by atoms with van der Waals surface area (Å²) in [6, 6.07) is 0. The maximum Gasteiger partial charge on any atom is 0.314 e. The lowest BCUT2D eigenvalue weighted by atomic mass is 9.99. The first-order chi connectivity index (χ1) is 9.24. The third-order valence-electron chi connectivity index (χ3n) is 4.07. The van der Waals surface area contributed by atoms with Gasteiger partial charge in [-0.15, -0.1) is 0 Å². The van der Waals surface area contributed by atoms with Gasteiger partial charge in [0.1, 0.15) is 11.7 Å². The van der Waals surface area contributed by atoms with Gasteiger partial charge in [0.05, 0.1) is 11.8 Å². The monoisotopic (exact) mass is 264 g/mol. The summed E-state index contributed by atoms with van der Waals surface area (Å²) in [5.74, 6) is -0.466. The van der Waals surface area contributed by atoms with Crippen molar-refractivity contribution in [2.45, 2.75) is 57.1 Å². The first-order valence-corrected chi connectivity index (χ1v) is 7.14. The molecule has 3 rings (SSSR count). The number of aryl methyl sites for hydroxylation is 1. The smallest absolute Gasteiger partial charge is 0.314 e. The number of aliphatic carboxylic acids is 1. The van der Waals surface area contributed by atoms with E-state index >= 15 is 0 Å². The van der Waals surface area contributed by atoms with Crippen LogP contribution in [0.15, 0.2) is 6.20 Å². The van der Waals surface area contributed by atoms with Crippen molar-refractivity contribution in [3.63, 3.8) is 0 Å². The first-order valence-electron chi connectivity index (χ1n) is 7.14. The molecule has 1 aromatic rings. The standard InChI is InChI=1S/C14H20N2O3/c17-14(18)12-5-3-6-16-9-10(15-13(12)16)8-11-4-1-2-7-19-11/h9,11-12H,1-8H2,(H,17,18). The molecule has 5 heteroatoms. The molecule has 104 valence electrons. The van der Waals surface area contributed by atoms with Gasteiger partial charge in [-0.05, 0) is 32.1 Å². The Morgan fingerprint density at radius 2 is 2.32 bits per heavy atom. The van der Waals surface area contributed by atoms with Gasteiger partial charge in [0.2, 0.25) is 0 Å². The van der Waals surface area contributed by atoms with Crippen LogP contribution < -0.4 is 0 Å². The number of hydrogen-bond donors (Lipinski definition) is 1. The van der Waals surface area contributed by atoms with Crippen molar-refractivity contribution in [1.29, 1.82) is 0 Å². The largest absolute Gasteiger partial charge is 0.481 e. The molecule has 2 aliphatic rings. The van der Waals surface area contributed by atoms with E-state index in [4.69, 9.17) is 4.74 Å².